The topological polar surface area (TPSA) is 80.3 Å². The largest absolute Gasteiger partial charge is 0.491 e. The van der Waals surface area contributed by atoms with Crippen LogP contribution in [-0.2, 0) is 9.47 Å². The van der Waals surface area contributed by atoms with Gasteiger partial charge in [-0.25, -0.2) is 4.39 Å². The minimum Gasteiger partial charge on any atom is -0.491 e. The number of rotatable bonds is 5. The van der Waals surface area contributed by atoms with E-state index in [0.29, 0.717) is 36.1 Å². The second-order valence-corrected chi connectivity index (χ2v) is 10.8. The van der Waals surface area contributed by atoms with E-state index in [1.54, 1.807) is 43.3 Å². The predicted octanol–water partition coefficient (Wildman–Crippen LogP) is 4.31. The third kappa shape index (κ3) is 7.35. The zero-order valence-corrected chi connectivity index (χ0v) is 23.3. The van der Waals surface area contributed by atoms with Gasteiger partial charge in [0.2, 0.25) is 0 Å². The number of hydrogen-bond donors (Lipinski definition) is 1. The molecule has 0 saturated carbocycles. The molecule has 212 valence electrons. The number of likely N-dealkylation sites (N-methyl/N-ethyl adjacent to an activating group) is 1. The molecule has 1 fully saturated rings. The third-order valence-electron chi connectivity index (χ3n) is 7.79. The lowest BCUT2D eigenvalue weighted by Gasteiger charge is -2.38. The molecule has 2 aromatic rings. The van der Waals surface area contributed by atoms with E-state index in [0.717, 1.165) is 39.1 Å². The zero-order valence-electron chi connectivity index (χ0n) is 23.3. The van der Waals surface area contributed by atoms with Crippen LogP contribution in [-0.4, -0.2) is 87.4 Å². The van der Waals surface area contributed by atoms with Crippen molar-refractivity contribution < 1.29 is 28.2 Å². The second-order valence-electron chi connectivity index (χ2n) is 10.8. The molecule has 2 aliphatic rings. The number of benzene rings is 2. The van der Waals surface area contributed by atoms with Crippen LogP contribution in [0.1, 0.15) is 47.4 Å². The Kier molecular flexibility index (Phi) is 9.94. The Labute approximate surface area is 230 Å². The van der Waals surface area contributed by atoms with Crippen LogP contribution in [0.4, 0.5) is 10.1 Å². The minimum absolute atomic E-state index is 0.0564. The van der Waals surface area contributed by atoms with Gasteiger partial charge in [0.1, 0.15) is 18.2 Å². The zero-order chi connectivity index (χ0) is 27.9. The number of nitrogens with zero attached hydrogens (tertiary/aromatic N) is 2. The molecule has 39 heavy (non-hydrogen) atoms. The molecule has 0 radical (unpaired) electrons. The van der Waals surface area contributed by atoms with Gasteiger partial charge in [-0.3, -0.25) is 14.5 Å². The normalized spacial score (nSPS) is 23.8. The lowest BCUT2D eigenvalue weighted by Crippen LogP contribution is -2.48. The summed E-state index contributed by atoms with van der Waals surface area (Å²) in [6, 6.07) is 10.8. The number of fused-ring (bicyclic) bond motifs is 1. The molecule has 2 aromatic carbocycles. The minimum atomic E-state index is -0.602. The molecule has 4 rings (SSSR count). The second kappa shape index (κ2) is 13.4. The summed E-state index contributed by atoms with van der Waals surface area (Å²) in [5, 5.41) is 2.73. The molecule has 3 atom stereocenters. The summed E-state index contributed by atoms with van der Waals surface area (Å²) in [6.45, 7) is 8.44. The first kappa shape index (κ1) is 29.0. The molecule has 2 heterocycles. The maximum Gasteiger partial charge on any atom is 0.258 e. The van der Waals surface area contributed by atoms with Gasteiger partial charge in [0.25, 0.3) is 11.8 Å². The fourth-order valence-electron chi connectivity index (χ4n) is 5.28. The van der Waals surface area contributed by atoms with Gasteiger partial charge in [-0.15, -0.1) is 0 Å². The lowest BCUT2D eigenvalue weighted by atomic mass is 9.96. The number of carbonyl (C=O) groups is 2. The van der Waals surface area contributed by atoms with Crippen molar-refractivity contribution in [3.63, 3.8) is 0 Å². The number of anilines is 1. The number of methoxy groups -OCH3 is 1. The molecule has 0 spiro atoms. The van der Waals surface area contributed by atoms with Crippen LogP contribution < -0.4 is 10.1 Å². The number of hydrogen-bond acceptors (Lipinski definition) is 6. The van der Waals surface area contributed by atoms with E-state index in [1.165, 1.54) is 18.2 Å². The number of halogens is 1. The summed E-state index contributed by atoms with van der Waals surface area (Å²) in [7, 11) is 3.45. The van der Waals surface area contributed by atoms with Crippen LogP contribution >= 0.6 is 0 Å². The van der Waals surface area contributed by atoms with Crippen LogP contribution in [0.5, 0.6) is 5.75 Å². The molecule has 8 nitrogen and oxygen atoms in total. The van der Waals surface area contributed by atoms with E-state index >= 15 is 0 Å². The first-order chi connectivity index (χ1) is 18.8. The molecule has 0 bridgehead atoms. The lowest BCUT2D eigenvalue weighted by molar-refractivity contribution is 0.0000254. The van der Waals surface area contributed by atoms with Crippen molar-refractivity contribution in [3.05, 3.63) is 59.4 Å². The van der Waals surface area contributed by atoms with Crippen molar-refractivity contribution in [3.8, 4) is 5.75 Å². The van der Waals surface area contributed by atoms with Crippen molar-refractivity contribution in [1.29, 1.82) is 0 Å². The van der Waals surface area contributed by atoms with Gasteiger partial charge in [0, 0.05) is 64.8 Å². The summed E-state index contributed by atoms with van der Waals surface area (Å²) in [5.74, 6) is -0.245. The SMILES string of the molecule is CO[C@H]1CN(C)C(=O)c2ccc(NC(=O)c3ccccc3F)cc2OC[C@@H](C)N(CC2CCOCC2)C[C@@H]1C. The Hall–Kier alpha value is -3.01. The van der Waals surface area contributed by atoms with Gasteiger partial charge in [0.15, 0.2) is 0 Å². The summed E-state index contributed by atoms with van der Waals surface area (Å²) < 4.78 is 31.8. The maximum absolute atomic E-state index is 14.1. The maximum atomic E-state index is 14.1. The first-order valence-corrected chi connectivity index (χ1v) is 13.7. The quantitative estimate of drug-likeness (QED) is 0.608. The number of amides is 2. The number of ether oxygens (including phenoxy) is 3. The van der Waals surface area contributed by atoms with Crippen LogP contribution in [0.2, 0.25) is 0 Å². The van der Waals surface area contributed by atoms with Crippen molar-refractivity contribution >= 4 is 17.5 Å². The van der Waals surface area contributed by atoms with Crippen molar-refractivity contribution in [2.75, 3.05) is 58.9 Å². The van der Waals surface area contributed by atoms with Crippen LogP contribution in [0.25, 0.3) is 0 Å². The standard InChI is InChI=1S/C30H40FN3O5/c1-20-16-34(17-22-11-13-38-14-12-22)21(2)19-39-27-15-23(32-29(35)24-7-5-6-8-26(24)31)9-10-25(27)30(36)33(3)18-28(20)37-4/h5-10,15,20-22,28H,11-14,16-19H2,1-4H3,(H,32,35)/t20-,21+,28-/m0/s1. The fraction of sp³-hybridized carbons (Fsp3) is 0.533. The average molecular weight is 542 g/mol. The van der Waals surface area contributed by atoms with Crippen LogP contribution in [0, 0.1) is 17.7 Å². The smallest absolute Gasteiger partial charge is 0.258 e. The van der Waals surface area contributed by atoms with Gasteiger partial charge < -0.3 is 24.4 Å². The number of carbonyl (C=O) groups excluding carboxylic acids is 2. The Morgan fingerprint density at radius 1 is 1.13 bits per heavy atom. The Morgan fingerprint density at radius 3 is 2.59 bits per heavy atom. The van der Waals surface area contributed by atoms with Gasteiger partial charge in [-0.2, -0.15) is 0 Å². The summed E-state index contributed by atoms with van der Waals surface area (Å²) in [6.07, 6.45) is 1.95. The highest BCUT2D eigenvalue weighted by molar-refractivity contribution is 6.05. The van der Waals surface area contributed by atoms with E-state index in [4.69, 9.17) is 14.2 Å². The molecule has 2 aliphatic heterocycles. The third-order valence-corrected chi connectivity index (χ3v) is 7.79. The molecule has 2 amide bonds. The molecular weight excluding hydrogens is 501 g/mol. The highest BCUT2D eigenvalue weighted by Gasteiger charge is 2.30. The molecule has 1 N–H and O–H groups in total. The fourth-order valence-corrected chi connectivity index (χ4v) is 5.28. The Bertz CT molecular complexity index is 1140. The van der Waals surface area contributed by atoms with E-state index < -0.39 is 11.7 Å². The van der Waals surface area contributed by atoms with Gasteiger partial charge in [-0.05, 0) is 55.9 Å². The summed E-state index contributed by atoms with van der Waals surface area (Å²) in [5.41, 5.74) is 0.756. The van der Waals surface area contributed by atoms with Crippen LogP contribution in [0.15, 0.2) is 42.5 Å². The molecular formula is C30H40FN3O5. The van der Waals surface area contributed by atoms with Crippen molar-refractivity contribution in [1.82, 2.24) is 9.80 Å². The monoisotopic (exact) mass is 541 g/mol. The van der Waals surface area contributed by atoms with Crippen molar-refractivity contribution in [2.45, 2.75) is 38.8 Å². The predicted molar refractivity (Wildman–Crippen MR) is 148 cm³/mol. The molecule has 1 saturated heterocycles. The number of nitrogens with one attached hydrogen (secondary N) is 1. The van der Waals surface area contributed by atoms with E-state index in [1.807, 2.05) is 0 Å². The van der Waals surface area contributed by atoms with E-state index in [9.17, 15) is 14.0 Å². The Morgan fingerprint density at radius 2 is 1.87 bits per heavy atom. The molecule has 0 aromatic heterocycles. The van der Waals surface area contributed by atoms with Crippen LogP contribution in [0.3, 0.4) is 0 Å². The van der Waals surface area contributed by atoms with Crippen molar-refractivity contribution in [2.24, 2.45) is 11.8 Å². The molecule has 9 heteroatoms. The molecule has 0 aliphatic carbocycles. The summed E-state index contributed by atoms with van der Waals surface area (Å²) >= 11 is 0. The first-order valence-electron chi connectivity index (χ1n) is 13.7. The van der Waals surface area contributed by atoms with Gasteiger partial charge in [0.05, 0.1) is 17.2 Å². The Balaban J connectivity index is 1.60. The average Bonchev–Trinajstić information content (AvgIpc) is 2.94. The highest BCUT2D eigenvalue weighted by atomic mass is 19.1. The van der Waals surface area contributed by atoms with Gasteiger partial charge >= 0.3 is 0 Å². The van der Waals surface area contributed by atoms with E-state index in [-0.39, 0.29) is 29.5 Å². The highest BCUT2D eigenvalue weighted by Crippen LogP contribution is 2.28. The van der Waals surface area contributed by atoms with Gasteiger partial charge in [-0.1, -0.05) is 19.1 Å². The summed E-state index contributed by atoms with van der Waals surface area (Å²) in [4.78, 5) is 30.3. The van der Waals surface area contributed by atoms with E-state index in [2.05, 4.69) is 24.1 Å². The molecule has 0 unspecified atom stereocenters.